The van der Waals surface area contributed by atoms with Crippen LogP contribution in [-0.2, 0) is 4.79 Å². The van der Waals surface area contributed by atoms with Crippen LogP contribution in [0.4, 0.5) is 11.8 Å². The zero-order valence-corrected chi connectivity index (χ0v) is 10.6. The Bertz CT molecular complexity index is 403. The second kappa shape index (κ2) is 6.18. The molecule has 6 heteroatoms. The van der Waals surface area contributed by atoms with Gasteiger partial charge in [0.25, 0.3) is 0 Å². The molecule has 0 radical (unpaired) electrons. The first-order chi connectivity index (χ1) is 8.79. The third-order valence-corrected chi connectivity index (χ3v) is 3.01. The smallest absolute Gasteiger partial charge is 0.241 e. The van der Waals surface area contributed by atoms with E-state index in [1.807, 2.05) is 4.90 Å². The van der Waals surface area contributed by atoms with Gasteiger partial charge in [-0.3, -0.25) is 4.79 Å². The van der Waals surface area contributed by atoms with E-state index in [1.54, 1.807) is 19.3 Å². The highest BCUT2D eigenvalue weighted by Gasteiger charge is 2.15. The Balaban J connectivity index is 1.84. The Hall–Kier alpha value is -1.85. The van der Waals surface area contributed by atoms with Crippen LogP contribution in [0.1, 0.15) is 19.3 Å². The summed E-state index contributed by atoms with van der Waals surface area (Å²) in [7, 11) is 1.76. The van der Waals surface area contributed by atoms with Crippen LogP contribution in [0.5, 0.6) is 0 Å². The molecule has 98 valence electrons. The topological polar surface area (TPSA) is 70.2 Å². The molecule has 1 aliphatic heterocycles. The lowest BCUT2D eigenvalue weighted by molar-refractivity contribution is -0.130. The minimum absolute atomic E-state index is 0.138. The molecule has 1 aliphatic rings. The fraction of sp³-hybridized carbons (Fsp3) is 0.583. The highest BCUT2D eigenvalue weighted by molar-refractivity contribution is 5.80. The maximum absolute atomic E-state index is 11.9. The second-order valence-electron chi connectivity index (χ2n) is 4.31. The van der Waals surface area contributed by atoms with E-state index in [0.29, 0.717) is 18.3 Å². The lowest BCUT2D eigenvalue weighted by Gasteiger charge is -2.26. The molecule has 0 atom stereocenters. The first kappa shape index (κ1) is 12.6. The third-order valence-electron chi connectivity index (χ3n) is 3.01. The Morgan fingerprint density at radius 1 is 1.39 bits per heavy atom. The van der Waals surface area contributed by atoms with Gasteiger partial charge >= 0.3 is 0 Å². The van der Waals surface area contributed by atoms with E-state index >= 15 is 0 Å². The van der Waals surface area contributed by atoms with E-state index in [4.69, 9.17) is 0 Å². The molecule has 2 heterocycles. The summed E-state index contributed by atoms with van der Waals surface area (Å²) in [4.78, 5) is 22.1. The van der Waals surface area contributed by atoms with Gasteiger partial charge in [0, 0.05) is 26.3 Å². The summed E-state index contributed by atoms with van der Waals surface area (Å²) in [5.74, 6) is 1.35. The first-order valence-electron chi connectivity index (χ1n) is 6.32. The van der Waals surface area contributed by atoms with Gasteiger partial charge in [0.2, 0.25) is 11.9 Å². The van der Waals surface area contributed by atoms with E-state index in [0.717, 1.165) is 25.9 Å². The summed E-state index contributed by atoms with van der Waals surface area (Å²) in [6.45, 7) is 2.05. The summed E-state index contributed by atoms with van der Waals surface area (Å²) < 4.78 is 0. The maximum Gasteiger partial charge on any atom is 0.241 e. The van der Waals surface area contributed by atoms with Gasteiger partial charge in [-0.2, -0.15) is 4.98 Å². The summed E-state index contributed by atoms with van der Waals surface area (Å²) in [5, 5.41) is 5.89. The van der Waals surface area contributed by atoms with E-state index in [2.05, 4.69) is 20.6 Å². The quantitative estimate of drug-likeness (QED) is 0.831. The highest BCUT2D eigenvalue weighted by Crippen LogP contribution is 2.09. The minimum atomic E-state index is 0.138. The lowest BCUT2D eigenvalue weighted by atomic mass is 10.1. The van der Waals surface area contributed by atoms with E-state index in [-0.39, 0.29) is 5.91 Å². The summed E-state index contributed by atoms with van der Waals surface area (Å²) >= 11 is 0. The van der Waals surface area contributed by atoms with Crippen LogP contribution in [0, 0.1) is 0 Å². The first-order valence-corrected chi connectivity index (χ1v) is 6.32. The van der Waals surface area contributed by atoms with Crippen LogP contribution >= 0.6 is 0 Å². The van der Waals surface area contributed by atoms with Crippen molar-refractivity contribution in [3.63, 3.8) is 0 Å². The Morgan fingerprint density at radius 2 is 2.17 bits per heavy atom. The van der Waals surface area contributed by atoms with Crippen molar-refractivity contribution < 1.29 is 4.79 Å². The molecule has 1 aromatic rings. The van der Waals surface area contributed by atoms with Crippen LogP contribution in [-0.4, -0.2) is 47.5 Å². The number of nitrogens with one attached hydrogen (secondary N) is 2. The summed E-state index contributed by atoms with van der Waals surface area (Å²) in [6.07, 6.45) is 5.12. The molecule has 0 aromatic carbocycles. The standard InChI is InChI=1S/C12H19N5O/c1-13-12-14-6-5-10(16-12)15-9-11(18)17-7-3-2-4-8-17/h5-6H,2-4,7-9H2,1H3,(H2,13,14,15,16). The predicted molar refractivity (Wildman–Crippen MR) is 70.5 cm³/mol. The molecule has 1 amide bonds. The fourth-order valence-electron chi connectivity index (χ4n) is 2.00. The Kier molecular flexibility index (Phi) is 4.33. The van der Waals surface area contributed by atoms with Crippen LogP contribution < -0.4 is 10.6 Å². The molecule has 1 saturated heterocycles. The number of piperidine rings is 1. The summed E-state index contributed by atoms with van der Waals surface area (Å²) in [6, 6.07) is 1.75. The number of hydrogen-bond donors (Lipinski definition) is 2. The largest absolute Gasteiger partial charge is 0.361 e. The van der Waals surface area contributed by atoms with Crippen LogP contribution in [0.15, 0.2) is 12.3 Å². The monoisotopic (exact) mass is 249 g/mol. The molecule has 1 aromatic heterocycles. The van der Waals surface area contributed by atoms with Crippen LogP contribution in [0.2, 0.25) is 0 Å². The van der Waals surface area contributed by atoms with Gasteiger partial charge in [-0.05, 0) is 25.3 Å². The fourth-order valence-corrected chi connectivity index (χ4v) is 2.00. The number of carbonyl (C=O) groups excluding carboxylic acids is 1. The van der Waals surface area contributed by atoms with E-state index in [9.17, 15) is 4.79 Å². The average molecular weight is 249 g/mol. The van der Waals surface area contributed by atoms with Gasteiger partial charge in [0.1, 0.15) is 5.82 Å². The van der Waals surface area contributed by atoms with Crippen molar-refractivity contribution in [3.8, 4) is 0 Å². The van der Waals surface area contributed by atoms with E-state index in [1.165, 1.54) is 6.42 Å². The molecule has 2 rings (SSSR count). The Morgan fingerprint density at radius 3 is 2.89 bits per heavy atom. The van der Waals surface area contributed by atoms with Crippen molar-refractivity contribution in [2.24, 2.45) is 0 Å². The molecule has 2 N–H and O–H groups in total. The summed E-state index contributed by atoms with van der Waals surface area (Å²) in [5.41, 5.74) is 0. The van der Waals surface area contributed by atoms with Crippen molar-refractivity contribution in [3.05, 3.63) is 12.3 Å². The van der Waals surface area contributed by atoms with Gasteiger partial charge in [0.15, 0.2) is 0 Å². The lowest BCUT2D eigenvalue weighted by Crippen LogP contribution is -2.39. The average Bonchev–Trinajstić information content (AvgIpc) is 2.46. The molecular formula is C12H19N5O. The number of nitrogens with zero attached hydrogens (tertiary/aromatic N) is 3. The highest BCUT2D eigenvalue weighted by atomic mass is 16.2. The molecule has 0 bridgehead atoms. The SMILES string of the molecule is CNc1nccc(NCC(=O)N2CCCCC2)n1. The number of carbonyl (C=O) groups is 1. The number of anilines is 2. The molecule has 6 nitrogen and oxygen atoms in total. The molecule has 0 aliphatic carbocycles. The molecule has 0 spiro atoms. The molecule has 0 unspecified atom stereocenters. The number of amides is 1. The zero-order chi connectivity index (χ0) is 12.8. The zero-order valence-electron chi connectivity index (χ0n) is 10.6. The van der Waals surface area contributed by atoms with Crippen molar-refractivity contribution >= 4 is 17.7 Å². The Labute approximate surface area is 107 Å². The molecule has 18 heavy (non-hydrogen) atoms. The number of rotatable bonds is 4. The number of hydrogen-bond acceptors (Lipinski definition) is 5. The van der Waals surface area contributed by atoms with Crippen molar-refractivity contribution in [2.45, 2.75) is 19.3 Å². The van der Waals surface area contributed by atoms with Crippen molar-refractivity contribution in [2.75, 3.05) is 37.3 Å². The van der Waals surface area contributed by atoms with Gasteiger partial charge in [-0.15, -0.1) is 0 Å². The van der Waals surface area contributed by atoms with Gasteiger partial charge in [-0.25, -0.2) is 4.98 Å². The van der Waals surface area contributed by atoms with Crippen LogP contribution in [0.25, 0.3) is 0 Å². The van der Waals surface area contributed by atoms with Gasteiger partial charge in [0.05, 0.1) is 6.54 Å². The molecule has 1 fully saturated rings. The minimum Gasteiger partial charge on any atom is -0.361 e. The normalized spacial score (nSPS) is 15.3. The van der Waals surface area contributed by atoms with Gasteiger partial charge < -0.3 is 15.5 Å². The van der Waals surface area contributed by atoms with Crippen molar-refractivity contribution in [1.82, 2.24) is 14.9 Å². The molecule has 0 saturated carbocycles. The van der Waals surface area contributed by atoms with Crippen LogP contribution in [0.3, 0.4) is 0 Å². The number of likely N-dealkylation sites (tertiary alicyclic amines) is 1. The predicted octanol–water partition coefficient (Wildman–Crippen LogP) is 0.943. The maximum atomic E-state index is 11.9. The van der Waals surface area contributed by atoms with Crippen molar-refractivity contribution in [1.29, 1.82) is 0 Å². The van der Waals surface area contributed by atoms with Gasteiger partial charge in [-0.1, -0.05) is 0 Å². The van der Waals surface area contributed by atoms with E-state index < -0.39 is 0 Å². The second-order valence-corrected chi connectivity index (χ2v) is 4.31. The number of aromatic nitrogens is 2. The molecular weight excluding hydrogens is 230 g/mol. The third kappa shape index (κ3) is 3.32.